The van der Waals surface area contributed by atoms with Gasteiger partial charge < -0.3 is 4.90 Å². The molecule has 0 N–H and O–H groups in total. The summed E-state index contributed by atoms with van der Waals surface area (Å²) in [4.78, 5) is 15.9. The first-order chi connectivity index (χ1) is 13.6. The van der Waals surface area contributed by atoms with Crippen molar-refractivity contribution in [3.63, 3.8) is 0 Å². The number of hydrogen-bond donors (Lipinski definition) is 0. The monoisotopic (exact) mass is 390 g/mol. The van der Waals surface area contributed by atoms with Crippen molar-refractivity contribution in [3.05, 3.63) is 74.5 Å². The zero-order valence-corrected chi connectivity index (χ0v) is 17.0. The lowest BCUT2D eigenvalue weighted by atomic mass is 10.1. The molecule has 0 saturated carbocycles. The topological polar surface area (TPSA) is 50.5 Å². The fourth-order valence-electron chi connectivity index (χ4n) is 3.38. The Bertz CT molecular complexity index is 1220. The molecule has 5 nitrogen and oxygen atoms in total. The lowest BCUT2D eigenvalue weighted by molar-refractivity contribution is 0.866. The third-order valence-electron chi connectivity index (χ3n) is 4.95. The molecular formula is C22H22N4OS. The maximum atomic E-state index is 13.0. The second-order valence-electron chi connectivity index (χ2n) is 6.64. The zero-order chi connectivity index (χ0) is 19.7. The summed E-state index contributed by atoms with van der Waals surface area (Å²) in [5.41, 5.74) is 4.12. The summed E-state index contributed by atoms with van der Waals surface area (Å²) in [6.45, 7) is 8.25. The predicted molar refractivity (Wildman–Crippen MR) is 116 cm³/mol. The number of hydrogen-bond acceptors (Lipinski definition) is 5. The first-order valence-corrected chi connectivity index (χ1v) is 10.2. The van der Waals surface area contributed by atoms with Crippen molar-refractivity contribution in [2.45, 2.75) is 20.8 Å². The third-order valence-corrected chi connectivity index (χ3v) is 5.91. The highest BCUT2D eigenvalue weighted by atomic mass is 32.1. The summed E-state index contributed by atoms with van der Waals surface area (Å²) in [5.74, 6) is 0.603. The van der Waals surface area contributed by atoms with Gasteiger partial charge >= 0.3 is 0 Å². The smallest absolute Gasteiger partial charge is 0.276 e. The van der Waals surface area contributed by atoms with Crippen LogP contribution in [0.5, 0.6) is 0 Å². The van der Waals surface area contributed by atoms with Gasteiger partial charge in [0.25, 0.3) is 5.56 Å². The molecule has 0 saturated heterocycles. The molecule has 0 aliphatic heterocycles. The van der Waals surface area contributed by atoms with Crippen LogP contribution < -0.4 is 15.0 Å². The molecule has 0 aliphatic carbocycles. The second-order valence-corrected chi connectivity index (χ2v) is 7.65. The summed E-state index contributed by atoms with van der Waals surface area (Å²) in [6, 6.07) is 16.2. The minimum absolute atomic E-state index is 0.0731. The van der Waals surface area contributed by atoms with E-state index in [4.69, 9.17) is 0 Å². The number of benzene rings is 2. The highest BCUT2D eigenvalue weighted by Gasteiger charge is 2.15. The van der Waals surface area contributed by atoms with Crippen LogP contribution in [0.3, 0.4) is 0 Å². The summed E-state index contributed by atoms with van der Waals surface area (Å²) < 4.78 is 2.28. The first kappa shape index (κ1) is 18.4. The summed E-state index contributed by atoms with van der Waals surface area (Å²) in [6.07, 6.45) is 1.93. The van der Waals surface area contributed by atoms with E-state index in [1.54, 1.807) is 4.40 Å². The van der Waals surface area contributed by atoms with Crippen LogP contribution in [0.2, 0.25) is 0 Å². The lowest BCUT2D eigenvalue weighted by Crippen LogP contribution is -2.23. The van der Waals surface area contributed by atoms with Gasteiger partial charge in [0.1, 0.15) is 0 Å². The van der Waals surface area contributed by atoms with Gasteiger partial charge in [0, 0.05) is 24.3 Å². The van der Waals surface area contributed by atoms with E-state index >= 15 is 0 Å². The fraction of sp³-hybridized carbons (Fsp3) is 0.227. The van der Waals surface area contributed by atoms with Crippen LogP contribution in [0, 0.1) is 6.92 Å². The first-order valence-electron chi connectivity index (χ1n) is 9.43. The second kappa shape index (κ2) is 7.56. The van der Waals surface area contributed by atoms with E-state index in [9.17, 15) is 4.79 Å². The predicted octanol–water partition coefficient (Wildman–Crippen LogP) is 3.52. The van der Waals surface area contributed by atoms with E-state index in [-0.39, 0.29) is 5.56 Å². The molecular weight excluding hydrogens is 368 g/mol. The van der Waals surface area contributed by atoms with Gasteiger partial charge in [0.05, 0.1) is 4.53 Å². The van der Waals surface area contributed by atoms with Crippen molar-refractivity contribution in [1.82, 2.24) is 14.6 Å². The van der Waals surface area contributed by atoms with Crippen LogP contribution in [0.4, 0.5) is 5.69 Å². The molecule has 4 rings (SSSR count). The van der Waals surface area contributed by atoms with E-state index in [0.29, 0.717) is 15.3 Å². The number of nitrogens with zero attached hydrogens (tertiary/aromatic N) is 4. The van der Waals surface area contributed by atoms with Crippen molar-refractivity contribution in [3.8, 4) is 11.4 Å². The zero-order valence-electron chi connectivity index (χ0n) is 16.2. The van der Waals surface area contributed by atoms with Gasteiger partial charge in [-0.1, -0.05) is 47.7 Å². The van der Waals surface area contributed by atoms with E-state index in [1.807, 2.05) is 37.3 Å². The van der Waals surface area contributed by atoms with Gasteiger partial charge in [-0.25, -0.2) is 4.40 Å². The molecule has 4 aromatic rings. The minimum atomic E-state index is -0.0731. The molecule has 28 heavy (non-hydrogen) atoms. The molecule has 2 heterocycles. The Kier molecular flexibility index (Phi) is 4.96. The van der Waals surface area contributed by atoms with Gasteiger partial charge in [0.2, 0.25) is 4.96 Å². The largest absolute Gasteiger partial charge is 0.372 e. The fourth-order valence-corrected chi connectivity index (χ4v) is 4.29. The molecule has 0 aliphatic rings. The Morgan fingerprint density at radius 1 is 1.04 bits per heavy atom. The molecule has 0 radical (unpaired) electrons. The average molecular weight is 391 g/mol. The summed E-state index contributed by atoms with van der Waals surface area (Å²) in [7, 11) is 0. The Balaban J connectivity index is 1.77. The van der Waals surface area contributed by atoms with Crippen LogP contribution in [0.15, 0.2) is 53.3 Å². The maximum absolute atomic E-state index is 13.0. The van der Waals surface area contributed by atoms with Crippen molar-refractivity contribution in [2.75, 3.05) is 18.0 Å². The van der Waals surface area contributed by atoms with E-state index < -0.39 is 0 Å². The summed E-state index contributed by atoms with van der Waals surface area (Å²) >= 11 is 1.37. The SMILES string of the molecule is CCN(CC)c1ccc(/C=c2\sc3nnc(-c4ccccc4C)n3c2=O)cc1. The number of rotatable bonds is 5. The Hall–Kier alpha value is -2.99. The van der Waals surface area contributed by atoms with Crippen molar-refractivity contribution >= 4 is 28.1 Å². The van der Waals surface area contributed by atoms with Crippen molar-refractivity contribution < 1.29 is 0 Å². The molecule has 0 amide bonds. The molecule has 142 valence electrons. The average Bonchev–Trinajstić information content (AvgIpc) is 3.25. The van der Waals surface area contributed by atoms with Gasteiger partial charge in [-0.15, -0.1) is 10.2 Å². The Morgan fingerprint density at radius 3 is 2.43 bits per heavy atom. The van der Waals surface area contributed by atoms with Crippen molar-refractivity contribution in [2.24, 2.45) is 0 Å². The highest BCUT2D eigenvalue weighted by Crippen LogP contribution is 2.21. The molecule has 2 aromatic carbocycles. The van der Waals surface area contributed by atoms with Crippen LogP contribution in [0.1, 0.15) is 25.0 Å². The molecule has 0 unspecified atom stereocenters. The van der Waals surface area contributed by atoms with Gasteiger partial charge in [-0.3, -0.25) is 4.79 Å². The maximum Gasteiger partial charge on any atom is 0.276 e. The normalized spacial score (nSPS) is 12.0. The van der Waals surface area contributed by atoms with E-state index in [0.717, 1.165) is 29.8 Å². The molecule has 6 heteroatoms. The Morgan fingerprint density at radius 2 is 1.75 bits per heavy atom. The molecule has 0 fully saturated rings. The van der Waals surface area contributed by atoms with Crippen LogP contribution in [-0.4, -0.2) is 27.7 Å². The molecule has 2 aromatic heterocycles. The molecule has 0 spiro atoms. The van der Waals surface area contributed by atoms with Crippen molar-refractivity contribution in [1.29, 1.82) is 0 Å². The van der Waals surface area contributed by atoms with Crippen LogP contribution in [-0.2, 0) is 0 Å². The summed E-state index contributed by atoms with van der Waals surface area (Å²) in [5, 5.41) is 8.47. The van der Waals surface area contributed by atoms with Crippen LogP contribution >= 0.6 is 11.3 Å². The standard InChI is InChI=1S/C22H22N4OS/c1-4-25(5-2)17-12-10-16(11-13-17)14-19-21(27)26-20(23-24-22(26)28-19)18-9-7-6-8-15(18)3/h6-14H,4-5H2,1-3H3/b19-14-. The van der Waals surface area contributed by atoms with Crippen LogP contribution in [0.25, 0.3) is 22.4 Å². The number of thiazole rings is 1. The quantitative estimate of drug-likeness (QED) is 0.523. The van der Waals surface area contributed by atoms with E-state index in [2.05, 4.69) is 53.2 Å². The molecule has 0 bridgehead atoms. The molecule has 0 atom stereocenters. The van der Waals surface area contributed by atoms with E-state index in [1.165, 1.54) is 17.0 Å². The van der Waals surface area contributed by atoms with Gasteiger partial charge in [-0.2, -0.15) is 0 Å². The number of aryl methyl sites for hydroxylation is 1. The third kappa shape index (κ3) is 3.20. The minimum Gasteiger partial charge on any atom is -0.372 e. The lowest BCUT2D eigenvalue weighted by Gasteiger charge is -2.20. The number of anilines is 1. The highest BCUT2D eigenvalue weighted by molar-refractivity contribution is 7.15. The number of aromatic nitrogens is 3. The Labute approximate surface area is 167 Å². The van der Waals surface area contributed by atoms with Gasteiger partial charge in [0.15, 0.2) is 5.82 Å². The number of fused-ring (bicyclic) bond motifs is 1. The van der Waals surface area contributed by atoms with Gasteiger partial charge in [-0.05, 0) is 50.1 Å².